The maximum atomic E-state index is 13.0. The number of hydrogen-bond acceptors (Lipinski definition) is 3. The van der Waals surface area contributed by atoms with Crippen LogP contribution < -0.4 is 5.32 Å². The Labute approximate surface area is 173 Å². The molecule has 3 rings (SSSR count). The van der Waals surface area contributed by atoms with Gasteiger partial charge in [-0.15, -0.1) is 0 Å². The van der Waals surface area contributed by atoms with Crippen molar-refractivity contribution in [3.63, 3.8) is 0 Å². The van der Waals surface area contributed by atoms with Gasteiger partial charge in [0.25, 0.3) is 0 Å². The number of amides is 2. The summed E-state index contributed by atoms with van der Waals surface area (Å²) in [6.45, 7) is 1.55. The third-order valence-electron chi connectivity index (χ3n) is 5.73. The molecule has 2 amide bonds. The van der Waals surface area contributed by atoms with Gasteiger partial charge in [-0.25, -0.2) is 0 Å². The summed E-state index contributed by atoms with van der Waals surface area (Å²) in [5, 5.41) is 2.84. The molecular weight excluding hydrogens is 364 g/mol. The lowest BCUT2D eigenvalue weighted by Gasteiger charge is -2.41. The van der Waals surface area contributed by atoms with Crippen LogP contribution in [0.3, 0.4) is 0 Å². The summed E-state index contributed by atoms with van der Waals surface area (Å²) < 4.78 is 5.05. The van der Waals surface area contributed by atoms with Gasteiger partial charge >= 0.3 is 0 Å². The van der Waals surface area contributed by atoms with Crippen molar-refractivity contribution in [2.75, 3.05) is 33.9 Å². The van der Waals surface area contributed by atoms with Crippen molar-refractivity contribution in [1.29, 1.82) is 0 Å². The summed E-state index contributed by atoms with van der Waals surface area (Å²) in [5.74, 6) is 0.0599. The highest BCUT2D eigenvalue weighted by Gasteiger charge is 2.42. The molecule has 0 aromatic heterocycles. The maximum Gasteiger partial charge on any atom is 0.228 e. The van der Waals surface area contributed by atoms with E-state index >= 15 is 0 Å². The standard InChI is InChI=1S/C24H30N2O3/c1-25-23(28)24(13-7-14-26(18-24)22(27)12-15-29-2)17-19-8-6-11-21(16-19)20-9-4-3-5-10-20/h3-6,8-11,16H,7,12-15,17-18H2,1-2H3,(H,25,28). The van der Waals surface area contributed by atoms with Crippen LogP contribution in [0.2, 0.25) is 0 Å². The molecule has 0 bridgehead atoms. The van der Waals surface area contributed by atoms with Gasteiger partial charge in [0, 0.05) is 27.2 Å². The van der Waals surface area contributed by atoms with Crippen molar-refractivity contribution < 1.29 is 14.3 Å². The third-order valence-corrected chi connectivity index (χ3v) is 5.73. The number of carbonyl (C=O) groups is 2. The molecule has 29 heavy (non-hydrogen) atoms. The molecule has 0 radical (unpaired) electrons. The predicted molar refractivity (Wildman–Crippen MR) is 114 cm³/mol. The maximum absolute atomic E-state index is 13.0. The molecule has 1 aliphatic heterocycles. The van der Waals surface area contributed by atoms with Crippen LogP contribution in [-0.4, -0.2) is 50.6 Å². The van der Waals surface area contributed by atoms with Crippen LogP contribution in [0.4, 0.5) is 0 Å². The predicted octanol–water partition coefficient (Wildman–Crippen LogP) is 3.29. The Morgan fingerprint density at radius 1 is 1.10 bits per heavy atom. The molecule has 0 spiro atoms. The SMILES string of the molecule is CNC(=O)C1(Cc2cccc(-c3ccccc3)c2)CCCN(C(=O)CCOC)C1. The van der Waals surface area contributed by atoms with E-state index in [9.17, 15) is 9.59 Å². The number of nitrogens with one attached hydrogen (secondary N) is 1. The van der Waals surface area contributed by atoms with E-state index in [4.69, 9.17) is 4.74 Å². The van der Waals surface area contributed by atoms with E-state index in [1.807, 2.05) is 29.2 Å². The molecular formula is C24H30N2O3. The summed E-state index contributed by atoms with van der Waals surface area (Å²) in [6, 6.07) is 18.6. The van der Waals surface area contributed by atoms with Crippen molar-refractivity contribution in [2.45, 2.75) is 25.7 Å². The van der Waals surface area contributed by atoms with Gasteiger partial charge in [-0.3, -0.25) is 9.59 Å². The van der Waals surface area contributed by atoms with Crippen LogP contribution in [0.25, 0.3) is 11.1 Å². The van der Waals surface area contributed by atoms with E-state index in [0.717, 1.165) is 29.5 Å². The zero-order valence-electron chi connectivity index (χ0n) is 17.3. The number of piperidine rings is 1. The number of nitrogens with zero attached hydrogens (tertiary/aromatic N) is 1. The highest BCUT2D eigenvalue weighted by molar-refractivity contribution is 5.85. The first-order chi connectivity index (χ1) is 14.1. The fraction of sp³-hybridized carbons (Fsp3) is 0.417. The quantitative estimate of drug-likeness (QED) is 0.784. The average molecular weight is 395 g/mol. The van der Waals surface area contributed by atoms with Crippen molar-refractivity contribution in [3.05, 3.63) is 60.2 Å². The number of rotatable bonds is 7. The number of hydrogen-bond donors (Lipinski definition) is 1. The van der Waals surface area contributed by atoms with Crippen LogP contribution in [0.1, 0.15) is 24.8 Å². The number of carbonyl (C=O) groups excluding carboxylic acids is 2. The van der Waals surface area contributed by atoms with Crippen molar-refractivity contribution in [3.8, 4) is 11.1 Å². The van der Waals surface area contributed by atoms with E-state index in [0.29, 0.717) is 32.5 Å². The number of ether oxygens (including phenoxy) is 1. The molecule has 5 nitrogen and oxygen atoms in total. The zero-order chi connectivity index (χ0) is 20.7. The molecule has 1 aliphatic rings. The average Bonchev–Trinajstić information content (AvgIpc) is 2.77. The summed E-state index contributed by atoms with van der Waals surface area (Å²) in [7, 11) is 3.27. The topological polar surface area (TPSA) is 58.6 Å². The summed E-state index contributed by atoms with van der Waals surface area (Å²) >= 11 is 0. The van der Waals surface area contributed by atoms with Gasteiger partial charge in [0.1, 0.15) is 0 Å². The summed E-state index contributed by atoms with van der Waals surface area (Å²) in [5.41, 5.74) is 2.80. The molecule has 2 aromatic rings. The molecule has 1 fully saturated rings. The second-order valence-electron chi connectivity index (χ2n) is 7.76. The Bertz CT molecular complexity index is 837. The molecule has 1 N–H and O–H groups in total. The Morgan fingerprint density at radius 3 is 2.59 bits per heavy atom. The minimum absolute atomic E-state index is 0.00635. The number of likely N-dealkylation sites (tertiary alicyclic amines) is 1. The van der Waals surface area contributed by atoms with E-state index in [2.05, 4.69) is 35.6 Å². The Morgan fingerprint density at radius 2 is 1.86 bits per heavy atom. The third kappa shape index (κ3) is 5.04. The lowest BCUT2D eigenvalue weighted by molar-refractivity contribution is -0.141. The molecule has 0 aliphatic carbocycles. The van der Waals surface area contributed by atoms with Gasteiger partial charge in [-0.1, -0.05) is 54.6 Å². The van der Waals surface area contributed by atoms with Crippen LogP contribution in [-0.2, 0) is 20.7 Å². The van der Waals surface area contributed by atoms with E-state index < -0.39 is 5.41 Å². The van der Waals surface area contributed by atoms with Crippen molar-refractivity contribution in [1.82, 2.24) is 10.2 Å². The van der Waals surface area contributed by atoms with Gasteiger partial charge < -0.3 is 15.0 Å². The fourth-order valence-electron chi connectivity index (χ4n) is 4.25. The molecule has 154 valence electrons. The van der Waals surface area contributed by atoms with Gasteiger partial charge in [-0.2, -0.15) is 0 Å². The van der Waals surface area contributed by atoms with Crippen molar-refractivity contribution >= 4 is 11.8 Å². The number of methoxy groups -OCH3 is 1. The van der Waals surface area contributed by atoms with Crippen LogP contribution in [0, 0.1) is 5.41 Å². The smallest absolute Gasteiger partial charge is 0.228 e. The second-order valence-corrected chi connectivity index (χ2v) is 7.76. The van der Waals surface area contributed by atoms with Gasteiger partial charge in [0.2, 0.25) is 11.8 Å². The lowest BCUT2D eigenvalue weighted by atomic mass is 9.74. The van der Waals surface area contributed by atoms with Crippen molar-refractivity contribution in [2.24, 2.45) is 5.41 Å². The van der Waals surface area contributed by atoms with Gasteiger partial charge in [0.05, 0.1) is 18.4 Å². The van der Waals surface area contributed by atoms with Gasteiger partial charge in [-0.05, 0) is 36.0 Å². The number of benzene rings is 2. The molecule has 0 saturated carbocycles. The largest absolute Gasteiger partial charge is 0.384 e. The van der Waals surface area contributed by atoms with E-state index in [1.54, 1.807) is 14.2 Å². The fourth-order valence-corrected chi connectivity index (χ4v) is 4.25. The summed E-state index contributed by atoms with van der Waals surface area (Å²) in [4.78, 5) is 27.4. The first-order valence-corrected chi connectivity index (χ1v) is 10.2. The summed E-state index contributed by atoms with van der Waals surface area (Å²) in [6.07, 6.45) is 2.56. The first kappa shape index (κ1) is 21.1. The van der Waals surface area contributed by atoms with E-state index in [-0.39, 0.29) is 11.8 Å². The Hall–Kier alpha value is -2.66. The highest BCUT2D eigenvalue weighted by atomic mass is 16.5. The Balaban J connectivity index is 1.84. The monoisotopic (exact) mass is 394 g/mol. The second kappa shape index (κ2) is 9.70. The zero-order valence-corrected chi connectivity index (χ0v) is 17.3. The molecule has 1 atom stereocenters. The first-order valence-electron chi connectivity index (χ1n) is 10.2. The molecule has 1 unspecified atom stereocenters. The minimum atomic E-state index is -0.606. The highest BCUT2D eigenvalue weighted by Crippen LogP contribution is 2.35. The van der Waals surface area contributed by atoms with E-state index in [1.165, 1.54) is 0 Å². The molecule has 5 heteroatoms. The van der Waals surface area contributed by atoms with Crippen LogP contribution in [0.5, 0.6) is 0 Å². The Kier molecular flexibility index (Phi) is 7.04. The van der Waals surface area contributed by atoms with Crippen LogP contribution >= 0.6 is 0 Å². The molecule has 2 aromatic carbocycles. The normalized spacial score (nSPS) is 19.0. The van der Waals surface area contributed by atoms with Crippen LogP contribution in [0.15, 0.2) is 54.6 Å². The molecule has 1 saturated heterocycles. The van der Waals surface area contributed by atoms with Gasteiger partial charge in [0.15, 0.2) is 0 Å². The molecule has 1 heterocycles. The lowest BCUT2D eigenvalue weighted by Crippen LogP contribution is -2.54. The minimum Gasteiger partial charge on any atom is -0.384 e.